The van der Waals surface area contributed by atoms with Crippen molar-refractivity contribution in [1.82, 2.24) is 30.0 Å². The molecular formula is C34H30N10O. The number of nitrogens with two attached hydrogens (primary N) is 3. The summed E-state index contributed by atoms with van der Waals surface area (Å²) in [4.78, 5) is 29.3. The summed E-state index contributed by atoms with van der Waals surface area (Å²) in [7, 11) is 0. The minimum atomic E-state index is -0.0536. The van der Waals surface area contributed by atoms with E-state index in [1.54, 1.807) is 30.5 Å². The van der Waals surface area contributed by atoms with E-state index in [1.807, 2.05) is 64.1 Å². The monoisotopic (exact) mass is 594 g/mol. The zero-order valence-corrected chi connectivity index (χ0v) is 24.2. The highest BCUT2D eigenvalue weighted by molar-refractivity contribution is 6.01. The molecule has 7 N–H and O–H groups in total. The van der Waals surface area contributed by atoms with Crippen LogP contribution < -0.4 is 22.8 Å². The molecule has 0 spiro atoms. The molecule has 0 bridgehead atoms. The molecule has 1 aliphatic rings. The van der Waals surface area contributed by atoms with Crippen LogP contribution in [-0.4, -0.2) is 49.3 Å². The van der Waals surface area contributed by atoms with Crippen molar-refractivity contribution in [3.8, 4) is 28.3 Å². The second-order valence-electron chi connectivity index (χ2n) is 10.8. The molecule has 11 nitrogen and oxygen atoms in total. The number of nitrogens with one attached hydrogen (secondary N) is 1. The first-order chi connectivity index (χ1) is 22.0. The lowest BCUT2D eigenvalue weighted by molar-refractivity contribution is 0.0602. The lowest BCUT2D eigenvalue weighted by atomic mass is 9.90. The summed E-state index contributed by atoms with van der Waals surface area (Å²) in [6.07, 6.45) is 1.67. The fourth-order valence-electron chi connectivity index (χ4n) is 5.64. The average Bonchev–Trinajstić information content (AvgIpc) is 3.43. The average molecular weight is 595 g/mol. The molecule has 1 amide bonds. The molecule has 11 heteroatoms. The number of amides is 1. The van der Waals surface area contributed by atoms with E-state index in [1.165, 1.54) is 0 Å². The standard InChI is InChI=1S/C34H30N10O/c35-30(41-42-37)23-8-4-9-24(18-23)34(45)43-19-25(20-43)21-11-13-26(14-12-21)44-32(27-10-5-17-38-31(27)36)40-29-16-15-28(39-33(29)44)22-6-2-1-3-7-22/h1-18,25,42H,19-20,37H2,(H2,35,41)(H2,36,38). The van der Waals surface area contributed by atoms with Crippen molar-refractivity contribution in [3.63, 3.8) is 0 Å². The van der Waals surface area contributed by atoms with Gasteiger partial charge < -0.3 is 16.4 Å². The third-order valence-corrected chi connectivity index (χ3v) is 8.04. The van der Waals surface area contributed by atoms with Crippen LogP contribution in [0, 0.1) is 0 Å². The molecule has 45 heavy (non-hydrogen) atoms. The maximum absolute atomic E-state index is 13.2. The normalized spacial score (nSPS) is 13.5. The summed E-state index contributed by atoms with van der Waals surface area (Å²) in [5.41, 5.74) is 21.7. The summed E-state index contributed by atoms with van der Waals surface area (Å²) < 4.78 is 2.03. The predicted octanol–water partition coefficient (Wildman–Crippen LogP) is 4.05. The van der Waals surface area contributed by atoms with E-state index in [0.29, 0.717) is 35.9 Å². The van der Waals surface area contributed by atoms with Gasteiger partial charge in [0.2, 0.25) is 0 Å². The van der Waals surface area contributed by atoms with Crippen molar-refractivity contribution < 1.29 is 4.79 Å². The Labute approximate surface area is 259 Å². The molecule has 3 aromatic heterocycles. The molecule has 1 saturated heterocycles. The predicted molar refractivity (Wildman–Crippen MR) is 175 cm³/mol. The van der Waals surface area contributed by atoms with E-state index < -0.39 is 0 Å². The van der Waals surface area contributed by atoms with Gasteiger partial charge in [-0.2, -0.15) is 0 Å². The van der Waals surface area contributed by atoms with Crippen LogP contribution in [0.2, 0.25) is 0 Å². The summed E-state index contributed by atoms with van der Waals surface area (Å²) >= 11 is 0. The number of hydrogen-bond donors (Lipinski definition) is 4. The molecule has 0 atom stereocenters. The van der Waals surface area contributed by atoms with Crippen LogP contribution in [0.5, 0.6) is 0 Å². The van der Waals surface area contributed by atoms with Crippen LogP contribution in [0.3, 0.4) is 0 Å². The SMILES string of the molecule is NN/N=C(\N)c1cccc(C(=O)N2CC(c3ccc(-n4c(-c5cccnc5N)nc5ccc(-c6ccccc6)nc54)cc3)C2)c1. The maximum atomic E-state index is 13.2. The van der Waals surface area contributed by atoms with Gasteiger partial charge in [-0.3, -0.25) is 9.36 Å². The zero-order chi connectivity index (χ0) is 30.9. The van der Waals surface area contributed by atoms with Crippen LogP contribution in [-0.2, 0) is 0 Å². The van der Waals surface area contributed by atoms with E-state index in [2.05, 4.69) is 39.9 Å². The van der Waals surface area contributed by atoms with Gasteiger partial charge in [-0.15, -0.1) is 5.10 Å². The molecular weight excluding hydrogens is 564 g/mol. The highest BCUT2D eigenvalue weighted by Crippen LogP contribution is 2.33. The number of benzene rings is 3. The van der Waals surface area contributed by atoms with Crippen LogP contribution >= 0.6 is 0 Å². The number of fused-ring (bicyclic) bond motifs is 1. The molecule has 0 saturated carbocycles. The van der Waals surface area contributed by atoms with E-state index >= 15 is 0 Å². The van der Waals surface area contributed by atoms with Crippen LogP contribution in [0.1, 0.15) is 27.4 Å². The highest BCUT2D eigenvalue weighted by Gasteiger charge is 2.32. The number of hydrazone groups is 1. The number of amidine groups is 1. The molecule has 6 aromatic rings. The van der Waals surface area contributed by atoms with Gasteiger partial charge >= 0.3 is 0 Å². The largest absolute Gasteiger partial charge is 0.383 e. The lowest BCUT2D eigenvalue weighted by Crippen LogP contribution is -2.48. The number of anilines is 1. The number of likely N-dealkylation sites (tertiary alicyclic amines) is 1. The number of aromatic nitrogens is 4. The van der Waals surface area contributed by atoms with E-state index in [4.69, 9.17) is 27.3 Å². The van der Waals surface area contributed by atoms with Gasteiger partial charge in [0.05, 0.1) is 11.3 Å². The van der Waals surface area contributed by atoms with Crippen LogP contribution in [0.15, 0.2) is 114 Å². The fraction of sp³-hybridized carbons (Fsp3) is 0.0882. The van der Waals surface area contributed by atoms with Gasteiger partial charge in [-0.1, -0.05) is 54.6 Å². The van der Waals surface area contributed by atoms with Crippen LogP contribution in [0.25, 0.3) is 39.5 Å². The Morgan fingerprint density at radius 1 is 0.867 bits per heavy atom. The number of nitrogens with zero attached hydrogens (tertiary/aromatic N) is 6. The Balaban J connectivity index is 1.17. The molecule has 1 fully saturated rings. The van der Waals surface area contributed by atoms with Gasteiger partial charge in [0, 0.05) is 47.6 Å². The van der Waals surface area contributed by atoms with E-state index in [-0.39, 0.29) is 17.7 Å². The second-order valence-corrected chi connectivity index (χ2v) is 10.8. The molecule has 4 heterocycles. The third kappa shape index (κ3) is 5.21. The number of nitrogen functional groups attached to an aromatic ring is 1. The quantitative estimate of drug-likeness (QED) is 0.0930. The van der Waals surface area contributed by atoms with Crippen molar-refractivity contribution in [2.45, 2.75) is 5.92 Å². The number of carbonyl (C=O) groups is 1. The van der Waals surface area contributed by atoms with Crippen molar-refractivity contribution >= 4 is 28.7 Å². The fourth-order valence-corrected chi connectivity index (χ4v) is 5.64. The van der Waals surface area contributed by atoms with Crippen LogP contribution in [0.4, 0.5) is 5.82 Å². The molecule has 1 aliphatic heterocycles. The Morgan fingerprint density at radius 2 is 1.64 bits per heavy atom. The first kappa shape index (κ1) is 27.7. The number of carbonyl (C=O) groups excluding carboxylic acids is 1. The Hall–Kier alpha value is -6.07. The minimum Gasteiger partial charge on any atom is -0.383 e. The summed E-state index contributed by atoms with van der Waals surface area (Å²) in [5.74, 6) is 6.66. The number of hydrogen-bond acceptors (Lipinski definition) is 8. The molecule has 0 aliphatic carbocycles. The first-order valence-corrected chi connectivity index (χ1v) is 14.4. The molecule has 0 unspecified atom stereocenters. The van der Waals surface area contributed by atoms with E-state index in [0.717, 1.165) is 39.2 Å². The lowest BCUT2D eigenvalue weighted by Gasteiger charge is -2.39. The topological polar surface area (TPSA) is 166 Å². The molecule has 7 rings (SSSR count). The van der Waals surface area contributed by atoms with E-state index in [9.17, 15) is 4.79 Å². The van der Waals surface area contributed by atoms with Crippen molar-refractivity contribution in [1.29, 1.82) is 0 Å². The molecule has 0 radical (unpaired) electrons. The number of imidazole rings is 1. The first-order valence-electron chi connectivity index (χ1n) is 14.4. The number of pyridine rings is 2. The minimum absolute atomic E-state index is 0.0536. The second kappa shape index (κ2) is 11.5. The Bertz CT molecular complexity index is 2050. The van der Waals surface area contributed by atoms with Gasteiger partial charge in [0.25, 0.3) is 5.91 Å². The molecule has 3 aromatic carbocycles. The van der Waals surface area contributed by atoms with Crippen molar-refractivity contribution in [2.75, 3.05) is 18.8 Å². The Morgan fingerprint density at radius 3 is 2.40 bits per heavy atom. The van der Waals surface area contributed by atoms with Gasteiger partial charge in [0.1, 0.15) is 11.3 Å². The van der Waals surface area contributed by atoms with Crippen molar-refractivity contribution in [2.24, 2.45) is 16.7 Å². The smallest absolute Gasteiger partial charge is 0.253 e. The van der Waals surface area contributed by atoms with Gasteiger partial charge in [-0.05, 0) is 54.1 Å². The van der Waals surface area contributed by atoms with Gasteiger partial charge in [0.15, 0.2) is 17.3 Å². The third-order valence-electron chi connectivity index (χ3n) is 8.04. The highest BCUT2D eigenvalue weighted by atomic mass is 16.2. The summed E-state index contributed by atoms with van der Waals surface area (Å²) in [6, 6.07) is 33.2. The van der Waals surface area contributed by atoms with Crippen molar-refractivity contribution in [3.05, 3.63) is 126 Å². The zero-order valence-electron chi connectivity index (χ0n) is 24.2. The number of hydrazine groups is 1. The van der Waals surface area contributed by atoms with Gasteiger partial charge in [-0.25, -0.2) is 26.3 Å². The molecule has 222 valence electrons. The summed E-state index contributed by atoms with van der Waals surface area (Å²) in [5, 5.41) is 3.79. The summed E-state index contributed by atoms with van der Waals surface area (Å²) in [6.45, 7) is 1.23. The maximum Gasteiger partial charge on any atom is 0.253 e. The number of rotatable bonds is 7. The Kier molecular flexibility index (Phi) is 7.12.